The average molecular weight is 473 g/mol. The Kier molecular flexibility index (Phi) is 8.16. The molecular formula is C27H28N4O2S. The molecule has 3 aromatic rings. The Balaban J connectivity index is 1.54. The van der Waals surface area contributed by atoms with E-state index in [1.807, 2.05) is 30.3 Å². The van der Waals surface area contributed by atoms with E-state index in [-0.39, 0.29) is 17.2 Å². The van der Waals surface area contributed by atoms with E-state index in [1.165, 1.54) is 30.2 Å². The monoisotopic (exact) mass is 472 g/mol. The van der Waals surface area contributed by atoms with Crippen LogP contribution < -0.4 is 10.9 Å². The van der Waals surface area contributed by atoms with Gasteiger partial charge in [-0.1, -0.05) is 53.7 Å². The maximum atomic E-state index is 13.3. The first-order chi connectivity index (χ1) is 16.7. The Morgan fingerprint density at radius 1 is 1.15 bits per heavy atom. The van der Waals surface area contributed by atoms with E-state index >= 15 is 0 Å². The average Bonchev–Trinajstić information content (AvgIpc) is 2.88. The van der Waals surface area contributed by atoms with Crippen LogP contribution in [0.15, 0.2) is 70.1 Å². The summed E-state index contributed by atoms with van der Waals surface area (Å²) in [7, 11) is 0. The van der Waals surface area contributed by atoms with Gasteiger partial charge in [0.05, 0.1) is 22.7 Å². The summed E-state index contributed by atoms with van der Waals surface area (Å²) < 4.78 is 1.63. The lowest BCUT2D eigenvalue weighted by Gasteiger charge is -2.14. The number of hydrogen-bond acceptors (Lipinski definition) is 5. The van der Waals surface area contributed by atoms with Crippen LogP contribution in [-0.4, -0.2) is 27.8 Å². The molecule has 7 heteroatoms. The second kappa shape index (κ2) is 11.7. The number of aromatic nitrogens is 2. The third-order valence-corrected chi connectivity index (χ3v) is 6.88. The SMILES string of the molecule is N#CCSc1nc2cc(C(=O)NCCC3=CCCCC3)ccc2c(=O)n1CCc1ccccc1. The number of thioether (sulfide) groups is 1. The molecule has 0 atom stereocenters. The highest BCUT2D eigenvalue weighted by molar-refractivity contribution is 7.99. The van der Waals surface area contributed by atoms with Crippen LogP contribution in [-0.2, 0) is 13.0 Å². The third kappa shape index (κ3) is 5.95. The Hall–Kier alpha value is -3.37. The van der Waals surface area contributed by atoms with Gasteiger partial charge in [0.15, 0.2) is 5.16 Å². The highest BCUT2D eigenvalue weighted by Crippen LogP contribution is 2.21. The van der Waals surface area contributed by atoms with E-state index in [0.29, 0.717) is 41.1 Å². The number of carbonyl (C=O) groups excluding carboxylic acids is 1. The number of fused-ring (bicyclic) bond motifs is 1. The number of nitrogens with zero attached hydrogens (tertiary/aromatic N) is 3. The summed E-state index contributed by atoms with van der Waals surface area (Å²) in [5.74, 6) is 0.0267. The van der Waals surface area contributed by atoms with Crippen LogP contribution in [0.4, 0.5) is 0 Å². The molecule has 0 radical (unpaired) electrons. The number of hydrogen-bond donors (Lipinski definition) is 1. The molecule has 1 heterocycles. The number of rotatable bonds is 9. The van der Waals surface area contributed by atoms with E-state index in [4.69, 9.17) is 5.26 Å². The Bertz CT molecular complexity index is 1290. The van der Waals surface area contributed by atoms with Gasteiger partial charge >= 0.3 is 0 Å². The Morgan fingerprint density at radius 2 is 2.00 bits per heavy atom. The Labute approximate surface area is 203 Å². The normalized spacial score (nSPS) is 13.3. The highest BCUT2D eigenvalue weighted by Gasteiger charge is 2.14. The fourth-order valence-corrected chi connectivity index (χ4v) is 4.89. The molecule has 0 saturated heterocycles. The number of nitrogens with one attached hydrogen (secondary N) is 1. The lowest BCUT2D eigenvalue weighted by atomic mass is 9.97. The summed E-state index contributed by atoms with van der Waals surface area (Å²) in [6.07, 6.45) is 8.58. The second-order valence-electron chi connectivity index (χ2n) is 8.38. The molecule has 174 valence electrons. The van der Waals surface area contributed by atoms with Crippen molar-refractivity contribution < 1.29 is 4.79 Å². The molecule has 0 fully saturated rings. The maximum absolute atomic E-state index is 13.3. The van der Waals surface area contributed by atoms with Crippen LogP contribution in [0.25, 0.3) is 10.9 Å². The molecule has 1 aliphatic rings. The third-order valence-electron chi connectivity index (χ3n) is 6.03. The number of amides is 1. The Morgan fingerprint density at radius 3 is 2.76 bits per heavy atom. The van der Waals surface area contributed by atoms with Crippen LogP contribution >= 0.6 is 11.8 Å². The quantitative estimate of drug-likeness (QED) is 0.273. The number of aryl methyl sites for hydroxylation is 1. The molecule has 2 aromatic carbocycles. The lowest BCUT2D eigenvalue weighted by molar-refractivity contribution is 0.0954. The van der Waals surface area contributed by atoms with Crippen LogP contribution in [0.2, 0.25) is 0 Å². The smallest absolute Gasteiger partial charge is 0.262 e. The molecule has 6 nitrogen and oxygen atoms in total. The van der Waals surface area contributed by atoms with Gasteiger partial charge in [-0.15, -0.1) is 0 Å². The summed E-state index contributed by atoms with van der Waals surface area (Å²) in [6, 6.07) is 17.1. The van der Waals surface area contributed by atoms with Gasteiger partial charge in [-0.05, 0) is 62.3 Å². The molecule has 0 bridgehead atoms. The summed E-state index contributed by atoms with van der Waals surface area (Å²) in [4.78, 5) is 30.7. The highest BCUT2D eigenvalue weighted by atomic mass is 32.2. The minimum atomic E-state index is -0.167. The molecule has 0 unspecified atom stereocenters. The van der Waals surface area contributed by atoms with Gasteiger partial charge in [0, 0.05) is 18.7 Å². The predicted molar refractivity (Wildman–Crippen MR) is 136 cm³/mol. The largest absolute Gasteiger partial charge is 0.352 e. The minimum absolute atomic E-state index is 0.155. The molecule has 34 heavy (non-hydrogen) atoms. The summed E-state index contributed by atoms with van der Waals surface area (Å²) >= 11 is 1.24. The molecule has 1 amide bonds. The molecule has 4 rings (SSSR count). The number of carbonyl (C=O) groups is 1. The van der Waals surface area contributed by atoms with Gasteiger partial charge in [-0.25, -0.2) is 4.98 Å². The standard InChI is InChI=1S/C27H28N4O2S/c28-15-18-34-27-30-24-19-22(25(32)29-16-13-20-7-3-1-4-8-20)11-12-23(24)26(33)31(27)17-14-21-9-5-2-6-10-21/h2,5-7,9-12,19H,1,3-4,8,13-14,16-18H2,(H,29,32). The molecule has 1 N–H and O–H groups in total. The van der Waals surface area contributed by atoms with Crippen molar-refractivity contribution in [3.63, 3.8) is 0 Å². The fourth-order valence-electron chi connectivity index (χ4n) is 4.20. The van der Waals surface area contributed by atoms with Crippen LogP contribution in [0.1, 0.15) is 48.0 Å². The first kappa shape index (κ1) is 23.8. The van der Waals surface area contributed by atoms with Crippen molar-refractivity contribution in [3.05, 3.63) is 81.7 Å². The van der Waals surface area contributed by atoms with Crippen molar-refractivity contribution in [3.8, 4) is 6.07 Å². The zero-order chi connectivity index (χ0) is 23.8. The maximum Gasteiger partial charge on any atom is 0.262 e. The molecule has 1 aromatic heterocycles. The van der Waals surface area contributed by atoms with Gasteiger partial charge in [-0.3, -0.25) is 14.2 Å². The van der Waals surface area contributed by atoms with E-state index < -0.39 is 0 Å². The van der Waals surface area contributed by atoms with E-state index in [0.717, 1.165) is 24.8 Å². The summed E-state index contributed by atoms with van der Waals surface area (Å²) in [5, 5.41) is 13.0. The second-order valence-corrected chi connectivity index (χ2v) is 9.32. The first-order valence-electron chi connectivity index (χ1n) is 11.7. The molecule has 1 aliphatic carbocycles. The van der Waals surface area contributed by atoms with Crippen molar-refractivity contribution >= 4 is 28.6 Å². The van der Waals surface area contributed by atoms with E-state index in [1.54, 1.807) is 22.8 Å². The van der Waals surface area contributed by atoms with Gasteiger partial charge in [0.25, 0.3) is 11.5 Å². The zero-order valence-electron chi connectivity index (χ0n) is 19.1. The first-order valence-corrected chi connectivity index (χ1v) is 12.7. The van der Waals surface area contributed by atoms with Crippen molar-refractivity contribution in [2.24, 2.45) is 0 Å². The number of nitriles is 1. The van der Waals surface area contributed by atoms with Crippen molar-refractivity contribution in [1.29, 1.82) is 5.26 Å². The van der Waals surface area contributed by atoms with Crippen molar-refractivity contribution in [2.75, 3.05) is 12.3 Å². The molecule has 0 saturated carbocycles. The lowest BCUT2D eigenvalue weighted by Crippen LogP contribution is -2.26. The summed E-state index contributed by atoms with van der Waals surface area (Å²) in [6.45, 7) is 1.07. The topological polar surface area (TPSA) is 87.8 Å². The minimum Gasteiger partial charge on any atom is -0.352 e. The predicted octanol–water partition coefficient (Wildman–Crippen LogP) is 4.88. The van der Waals surface area contributed by atoms with E-state index in [2.05, 4.69) is 22.4 Å². The van der Waals surface area contributed by atoms with Crippen molar-refractivity contribution in [2.45, 2.75) is 50.2 Å². The number of allylic oxidation sites excluding steroid dienone is 1. The van der Waals surface area contributed by atoms with Crippen molar-refractivity contribution in [1.82, 2.24) is 14.9 Å². The van der Waals surface area contributed by atoms with Gasteiger partial charge < -0.3 is 5.32 Å². The van der Waals surface area contributed by atoms with Gasteiger partial charge in [0.2, 0.25) is 0 Å². The zero-order valence-corrected chi connectivity index (χ0v) is 19.9. The van der Waals surface area contributed by atoms with Crippen LogP contribution in [0.3, 0.4) is 0 Å². The van der Waals surface area contributed by atoms with Gasteiger partial charge in [-0.2, -0.15) is 5.26 Å². The fraction of sp³-hybridized carbons (Fsp3) is 0.333. The van der Waals surface area contributed by atoms with E-state index in [9.17, 15) is 9.59 Å². The molecule has 0 spiro atoms. The van der Waals surface area contributed by atoms with Crippen LogP contribution in [0, 0.1) is 11.3 Å². The summed E-state index contributed by atoms with van der Waals surface area (Å²) in [5.41, 5.74) is 3.35. The van der Waals surface area contributed by atoms with Gasteiger partial charge in [0.1, 0.15) is 0 Å². The molecule has 0 aliphatic heterocycles. The van der Waals surface area contributed by atoms with Crippen LogP contribution in [0.5, 0.6) is 0 Å². The molecular weight excluding hydrogens is 444 g/mol. The number of benzene rings is 2.